The maximum absolute atomic E-state index is 6.28. The topological polar surface area (TPSA) is 64.6 Å². The van der Waals surface area contributed by atoms with Crippen LogP contribution < -0.4 is 11.5 Å². The number of hydrogen-bond donors (Lipinski definition) is 2. The van der Waals surface area contributed by atoms with E-state index in [2.05, 4.69) is 20.8 Å². The van der Waals surface area contributed by atoms with Crippen molar-refractivity contribution in [2.24, 2.45) is 0 Å². The van der Waals surface area contributed by atoms with E-state index in [0.29, 0.717) is 6.10 Å². The van der Waals surface area contributed by atoms with Gasteiger partial charge in [-0.25, -0.2) is 0 Å². The van der Waals surface area contributed by atoms with Gasteiger partial charge in [-0.2, -0.15) is 0 Å². The van der Waals surface area contributed by atoms with E-state index >= 15 is 0 Å². The van der Waals surface area contributed by atoms with Crippen molar-refractivity contribution in [2.75, 3.05) is 18.1 Å². The lowest BCUT2D eigenvalue weighted by Crippen LogP contribution is -2.11. The van der Waals surface area contributed by atoms with Crippen LogP contribution in [-0.4, -0.2) is 12.7 Å². The molecule has 1 fully saturated rings. The number of benzene rings is 1. The molecule has 1 aromatic carbocycles. The lowest BCUT2D eigenvalue weighted by Gasteiger charge is -2.20. The van der Waals surface area contributed by atoms with Crippen molar-refractivity contribution in [2.45, 2.75) is 46.1 Å². The summed E-state index contributed by atoms with van der Waals surface area (Å²) in [4.78, 5) is 0. The number of hydrogen-bond acceptors (Lipinski definition) is 3. The molecule has 4 N–H and O–H groups in total. The fourth-order valence-corrected chi connectivity index (χ4v) is 2.61. The summed E-state index contributed by atoms with van der Waals surface area (Å²) in [6.07, 6.45) is 3.17. The van der Waals surface area contributed by atoms with E-state index in [0.717, 1.165) is 42.8 Å². The first-order valence-electron chi connectivity index (χ1n) is 6.39. The summed E-state index contributed by atoms with van der Waals surface area (Å²) in [5.41, 5.74) is 19.1. The minimum atomic E-state index is 0.371. The van der Waals surface area contributed by atoms with Crippen molar-refractivity contribution in [1.82, 2.24) is 0 Å². The lowest BCUT2D eigenvalue weighted by molar-refractivity contribution is 0.407. The van der Waals surface area contributed by atoms with Crippen molar-refractivity contribution < 1.29 is 4.74 Å². The molecule has 1 unspecified atom stereocenters. The van der Waals surface area contributed by atoms with Crippen molar-refractivity contribution >= 4 is 11.4 Å². The fraction of sp³-hybridized carbons (Fsp3) is 0.571. The predicted molar refractivity (Wildman–Crippen MR) is 72.2 cm³/mol. The van der Waals surface area contributed by atoms with Crippen LogP contribution in [0.4, 0.5) is 11.4 Å². The molecule has 1 aliphatic rings. The van der Waals surface area contributed by atoms with Crippen molar-refractivity contribution in [3.8, 4) is 0 Å². The average molecular weight is 234 g/mol. The smallest absolute Gasteiger partial charge is 0.0851 e. The zero-order valence-corrected chi connectivity index (χ0v) is 11.0. The summed E-state index contributed by atoms with van der Waals surface area (Å²) in [6.45, 7) is 7.23. The third-order valence-electron chi connectivity index (χ3n) is 3.74. The quantitative estimate of drug-likeness (QED) is 0.620. The summed E-state index contributed by atoms with van der Waals surface area (Å²) < 4.78 is 5.32. The summed E-state index contributed by atoms with van der Waals surface area (Å²) >= 11 is 0. The first kappa shape index (κ1) is 12.2. The molecule has 0 bridgehead atoms. The Morgan fingerprint density at radius 3 is 2.12 bits per heavy atom. The molecular formula is C14H22N2O. The van der Waals surface area contributed by atoms with E-state index in [1.54, 1.807) is 0 Å². The number of nitrogens with two attached hydrogens (primary N) is 2. The number of epoxide rings is 1. The van der Waals surface area contributed by atoms with Gasteiger partial charge in [0, 0.05) is 17.8 Å². The highest BCUT2D eigenvalue weighted by molar-refractivity contribution is 5.72. The molecule has 1 aromatic rings. The standard InChI is InChI=1S/C14H22N2O/c1-4-10-8(3)13(15)11(5-2)14(16)12(10)6-9-7-17-9/h9H,4-7,15-16H2,1-3H3. The summed E-state index contributed by atoms with van der Waals surface area (Å²) in [7, 11) is 0. The van der Waals surface area contributed by atoms with Gasteiger partial charge in [-0.3, -0.25) is 0 Å². The highest BCUT2D eigenvalue weighted by Crippen LogP contribution is 2.35. The van der Waals surface area contributed by atoms with E-state index < -0.39 is 0 Å². The Bertz CT molecular complexity index is 437. The lowest BCUT2D eigenvalue weighted by atomic mass is 9.89. The molecule has 17 heavy (non-hydrogen) atoms. The van der Waals surface area contributed by atoms with Gasteiger partial charge in [0.2, 0.25) is 0 Å². The second-order valence-corrected chi connectivity index (χ2v) is 4.75. The molecule has 1 heterocycles. The molecule has 3 heteroatoms. The van der Waals surface area contributed by atoms with Crippen molar-refractivity contribution in [1.29, 1.82) is 0 Å². The second kappa shape index (κ2) is 4.57. The second-order valence-electron chi connectivity index (χ2n) is 4.75. The molecule has 0 aliphatic carbocycles. The number of ether oxygens (including phenoxy) is 1. The Kier molecular flexibility index (Phi) is 3.29. The Labute approximate surface area is 103 Å². The maximum Gasteiger partial charge on any atom is 0.0851 e. The summed E-state index contributed by atoms with van der Waals surface area (Å²) in [5, 5.41) is 0. The van der Waals surface area contributed by atoms with Crippen LogP contribution in [0.5, 0.6) is 0 Å². The van der Waals surface area contributed by atoms with Gasteiger partial charge in [0.15, 0.2) is 0 Å². The van der Waals surface area contributed by atoms with Gasteiger partial charge in [0.05, 0.1) is 12.7 Å². The molecule has 0 spiro atoms. The van der Waals surface area contributed by atoms with Crippen LogP contribution >= 0.6 is 0 Å². The van der Waals surface area contributed by atoms with Crippen LogP contribution in [0.1, 0.15) is 36.1 Å². The third-order valence-corrected chi connectivity index (χ3v) is 3.74. The molecule has 1 atom stereocenters. The SMILES string of the molecule is CCc1c(N)c(C)c(CC)c(CC2CO2)c1N. The van der Waals surface area contributed by atoms with Crippen LogP contribution in [0.25, 0.3) is 0 Å². The normalized spacial score (nSPS) is 18.4. The van der Waals surface area contributed by atoms with E-state index in [1.165, 1.54) is 16.7 Å². The van der Waals surface area contributed by atoms with Crippen LogP contribution in [0.15, 0.2) is 0 Å². The van der Waals surface area contributed by atoms with Gasteiger partial charge in [-0.15, -0.1) is 0 Å². The Morgan fingerprint density at radius 2 is 1.65 bits per heavy atom. The zero-order chi connectivity index (χ0) is 12.6. The molecule has 1 saturated heterocycles. The molecule has 0 aromatic heterocycles. The third kappa shape index (κ3) is 2.12. The predicted octanol–water partition coefficient (Wildman–Crippen LogP) is 2.23. The Morgan fingerprint density at radius 1 is 1.06 bits per heavy atom. The van der Waals surface area contributed by atoms with Crippen LogP contribution in [0.2, 0.25) is 0 Å². The molecule has 94 valence electrons. The average Bonchev–Trinajstić information content (AvgIpc) is 3.11. The maximum atomic E-state index is 6.28. The molecule has 0 saturated carbocycles. The zero-order valence-electron chi connectivity index (χ0n) is 11.0. The Balaban J connectivity index is 2.55. The van der Waals surface area contributed by atoms with Crippen LogP contribution in [0.3, 0.4) is 0 Å². The highest BCUT2D eigenvalue weighted by Gasteiger charge is 2.26. The molecule has 3 nitrogen and oxygen atoms in total. The molecular weight excluding hydrogens is 212 g/mol. The van der Waals surface area contributed by atoms with Gasteiger partial charge >= 0.3 is 0 Å². The summed E-state index contributed by atoms with van der Waals surface area (Å²) in [6, 6.07) is 0. The molecule has 1 aliphatic heterocycles. The monoisotopic (exact) mass is 234 g/mol. The van der Waals surface area contributed by atoms with Crippen LogP contribution in [0, 0.1) is 6.92 Å². The summed E-state index contributed by atoms with van der Waals surface area (Å²) in [5.74, 6) is 0. The van der Waals surface area contributed by atoms with E-state index in [9.17, 15) is 0 Å². The van der Waals surface area contributed by atoms with Gasteiger partial charge in [-0.05, 0) is 42.0 Å². The largest absolute Gasteiger partial charge is 0.398 e. The molecule has 0 radical (unpaired) electrons. The van der Waals surface area contributed by atoms with Crippen molar-refractivity contribution in [3.05, 3.63) is 22.3 Å². The first-order valence-corrected chi connectivity index (χ1v) is 6.39. The van der Waals surface area contributed by atoms with Gasteiger partial charge in [0.1, 0.15) is 0 Å². The van der Waals surface area contributed by atoms with Crippen molar-refractivity contribution in [3.63, 3.8) is 0 Å². The Hall–Kier alpha value is -1.22. The number of nitrogen functional groups attached to an aromatic ring is 2. The number of rotatable bonds is 4. The minimum absolute atomic E-state index is 0.371. The highest BCUT2D eigenvalue weighted by atomic mass is 16.6. The van der Waals surface area contributed by atoms with Gasteiger partial charge < -0.3 is 16.2 Å². The van der Waals surface area contributed by atoms with E-state index in [-0.39, 0.29) is 0 Å². The first-order chi connectivity index (χ1) is 8.10. The van der Waals surface area contributed by atoms with Gasteiger partial charge in [0.25, 0.3) is 0 Å². The minimum Gasteiger partial charge on any atom is -0.398 e. The molecule has 2 rings (SSSR count). The number of anilines is 2. The van der Waals surface area contributed by atoms with E-state index in [1.807, 2.05) is 0 Å². The van der Waals surface area contributed by atoms with E-state index in [4.69, 9.17) is 16.2 Å². The van der Waals surface area contributed by atoms with Crippen LogP contribution in [-0.2, 0) is 24.0 Å². The van der Waals surface area contributed by atoms with Gasteiger partial charge in [-0.1, -0.05) is 13.8 Å². The molecule has 0 amide bonds. The fourth-order valence-electron chi connectivity index (χ4n) is 2.61.